The quantitative estimate of drug-likeness (QED) is 0.365. The Labute approximate surface area is 182 Å². The number of hydrogen-bond acceptors (Lipinski definition) is 3. The highest BCUT2D eigenvalue weighted by molar-refractivity contribution is 14.0. The average Bonchev–Trinajstić information content (AvgIpc) is 2.65. The van der Waals surface area contributed by atoms with Crippen molar-refractivity contribution in [3.8, 4) is 5.75 Å². The molecule has 0 unspecified atom stereocenters. The van der Waals surface area contributed by atoms with Gasteiger partial charge in [-0.15, -0.1) is 24.0 Å². The largest absolute Gasteiger partial charge is 0.497 e. The van der Waals surface area contributed by atoms with Crippen LogP contribution in [0.1, 0.15) is 46.1 Å². The van der Waals surface area contributed by atoms with Crippen LogP contribution in [0.5, 0.6) is 5.75 Å². The predicted octanol–water partition coefficient (Wildman–Crippen LogP) is 3.63. The van der Waals surface area contributed by atoms with Crippen LogP contribution in [0.15, 0.2) is 29.3 Å². The van der Waals surface area contributed by atoms with Gasteiger partial charge in [-0.1, -0.05) is 26.0 Å². The second-order valence-corrected chi connectivity index (χ2v) is 8.09. The maximum atomic E-state index is 5.26. The Morgan fingerprint density at radius 3 is 2.30 bits per heavy atom. The zero-order valence-electron chi connectivity index (χ0n) is 17.7. The molecule has 27 heavy (non-hydrogen) atoms. The number of benzene rings is 1. The van der Waals surface area contributed by atoms with E-state index in [4.69, 9.17) is 4.74 Å². The minimum Gasteiger partial charge on any atom is -0.497 e. The molecule has 1 aliphatic heterocycles. The molecule has 154 valence electrons. The van der Waals surface area contributed by atoms with Crippen LogP contribution in [-0.2, 0) is 5.41 Å². The minimum absolute atomic E-state index is 0. The van der Waals surface area contributed by atoms with E-state index < -0.39 is 0 Å². The first-order chi connectivity index (χ1) is 12.4. The minimum atomic E-state index is 0. The van der Waals surface area contributed by atoms with Gasteiger partial charge in [-0.05, 0) is 44.4 Å². The Hall–Kier alpha value is -1.02. The van der Waals surface area contributed by atoms with Crippen molar-refractivity contribution >= 4 is 29.9 Å². The molecule has 1 aromatic rings. The molecule has 1 fully saturated rings. The van der Waals surface area contributed by atoms with Gasteiger partial charge in [0.25, 0.3) is 0 Å². The SMILES string of the molecule is CN=C(NCC(C)(C)c1ccc(OC)cc1)NC1CCN(C(C)C)CC1.I. The summed E-state index contributed by atoms with van der Waals surface area (Å²) in [4.78, 5) is 6.96. The second-order valence-electron chi connectivity index (χ2n) is 8.09. The van der Waals surface area contributed by atoms with E-state index >= 15 is 0 Å². The zero-order chi connectivity index (χ0) is 19.2. The Bertz CT molecular complexity index is 578. The van der Waals surface area contributed by atoms with Crippen molar-refractivity contribution in [3.63, 3.8) is 0 Å². The van der Waals surface area contributed by atoms with E-state index in [0.717, 1.165) is 31.3 Å². The van der Waals surface area contributed by atoms with E-state index in [1.54, 1.807) is 7.11 Å². The molecular weight excluding hydrogens is 451 g/mol. The molecule has 0 amide bonds. The van der Waals surface area contributed by atoms with Gasteiger partial charge in [0.05, 0.1) is 7.11 Å². The van der Waals surface area contributed by atoms with Gasteiger partial charge >= 0.3 is 0 Å². The standard InChI is InChI=1S/C21H36N4O.HI/c1-16(2)25-13-11-18(12-14-25)24-20(22-5)23-15-21(3,4)17-7-9-19(26-6)10-8-17;/h7-10,16,18H,11-15H2,1-6H3,(H2,22,23,24);1H. The highest BCUT2D eigenvalue weighted by Gasteiger charge is 2.24. The highest BCUT2D eigenvalue weighted by atomic mass is 127. The molecule has 0 spiro atoms. The summed E-state index contributed by atoms with van der Waals surface area (Å²) in [5.74, 6) is 1.79. The molecule has 1 aliphatic rings. The third-order valence-electron chi connectivity index (χ3n) is 5.39. The van der Waals surface area contributed by atoms with Crippen LogP contribution in [0.4, 0.5) is 0 Å². The summed E-state index contributed by atoms with van der Waals surface area (Å²) in [6, 6.07) is 9.45. The first-order valence-corrected chi connectivity index (χ1v) is 9.71. The molecule has 6 heteroatoms. The van der Waals surface area contributed by atoms with Gasteiger partial charge in [-0.2, -0.15) is 0 Å². The molecule has 1 heterocycles. The highest BCUT2D eigenvalue weighted by Crippen LogP contribution is 2.24. The van der Waals surface area contributed by atoms with Crippen LogP contribution in [-0.4, -0.2) is 56.7 Å². The van der Waals surface area contributed by atoms with Gasteiger partial charge in [-0.25, -0.2) is 0 Å². The van der Waals surface area contributed by atoms with E-state index in [1.165, 1.54) is 18.4 Å². The lowest BCUT2D eigenvalue weighted by atomic mass is 9.84. The van der Waals surface area contributed by atoms with Crippen molar-refractivity contribution in [2.45, 2.75) is 58.0 Å². The van der Waals surface area contributed by atoms with E-state index in [-0.39, 0.29) is 29.4 Å². The third-order valence-corrected chi connectivity index (χ3v) is 5.39. The number of piperidine rings is 1. The van der Waals surface area contributed by atoms with Crippen molar-refractivity contribution in [1.29, 1.82) is 0 Å². The number of guanidine groups is 1. The smallest absolute Gasteiger partial charge is 0.191 e. The van der Waals surface area contributed by atoms with Crippen LogP contribution >= 0.6 is 24.0 Å². The molecular formula is C21H37IN4O. The molecule has 1 aromatic carbocycles. The Morgan fingerprint density at radius 2 is 1.81 bits per heavy atom. The fourth-order valence-corrected chi connectivity index (χ4v) is 3.40. The second kappa shape index (κ2) is 11.1. The maximum absolute atomic E-state index is 5.26. The van der Waals surface area contributed by atoms with Gasteiger partial charge in [0.15, 0.2) is 5.96 Å². The average molecular weight is 488 g/mol. The molecule has 0 aliphatic carbocycles. The van der Waals surface area contributed by atoms with E-state index in [9.17, 15) is 0 Å². The predicted molar refractivity (Wildman–Crippen MR) is 126 cm³/mol. The van der Waals surface area contributed by atoms with Crippen molar-refractivity contribution in [2.75, 3.05) is 33.8 Å². The van der Waals surface area contributed by atoms with E-state index in [2.05, 4.69) is 60.4 Å². The van der Waals surface area contributed by atoms with Crippen molar-refractivity contribution in [2.24, 2.45) is 4.99 Å². The molecule has 5 nitrogen and oxygen atoms in total. The topological polar surface area (TPSA) is 48.9 Å². The van der Waals surface area contributed by atoms with Crippen molar-refractivity contribution < 1.29 is 4.74 Å². The normalized spacial score (nSPS) is 16.8. The molecule has 0 atom stereocenters. The lowest BCUT2D eigenvalue weighted by molar-refractivity contribution is 0.167. The van der Waals surface area contributed by atoms with Gasteiger partial charge < -0.3 is 20.3 Å². The molecule has 2 rings (SSSR count). The number of aliphatic imine (C=N–C) groups is 1. The fourth-order valence-electron chi connectivity index (χ4n) is 3.40. The summed E-state index contributed by atoms with van der Waals surface area (Å²) >= 11 is 0. The summed E-state index contributed by atoms with van der Waals surface area (Å²) < 4.78 is 5.26. The summed E-state index contributed by atoms with van der Waals surface area (Å²) in [6.45, 7) is 12.2. The van der Waals surface area contributed by atoms with Gasteiger partial charge in [0.2, 0.25) is 0 Å². The van der Waals surface area contributed by atoms with Crippen LogP contribution in [0, 0.1) is 0 Å². The Morgan fingerprint density at radius 1 is 1.22 bits per heavy atom. The number of ether oxygens (including phenoxy) is 1. The van der Waals surface area contributed by atoms with Gasteiger partial charge in [0.1, 0.15) is 5.75 Å². The van der Waals surface area contributed by atoms with Crippen LogP contribution in [0.2, 0.25) is 0 Å². The summed E-state index contributed by atoms with van der Waals surface area (Å²) in [7, 11) is 3.54. The van der Waals surface area contributed by atoms with Crippen molar-refractivity contribution in [3.05, 3.63) is 29.8 Å². The molecule has 0 radical (unpaired) electrons. The number of methoxy groups -OCH3 is 1. The third kappa shape index (κ3) is 7.14. The Balaban J connectivity index is 0.00000364. The lowest BCUT2D eigenvalue weighted by Gasteiger charge is -2.35. The zero-order valence-corrected chi connectivity index (χ0v) is 20.0. The number of nitrogens with zero attached hydrogens (tertiary/aromatic N) is 2. The number of likely N-dealkylation sites (tertiary alicyclic amines) is 1. The van der Waals surface area contributed by atoms with Crippen LogP contribution in [0.3, 0.4) is 0 Å². The fraction of sp³-hybridized carbons (Fsp3) is 0.667. The number of hydrogen-bond donors (Lipinski definition) is 2. The molecule has 0 aromatic heterocycles. The number of nitrogens with one attached hydrogen (secondary N) is 2. The lowest BCUT2D eigenvalue weighted by Crippen LogP contribution is -2.51. The van der Waals surface area contributed by atoms with Crippen LogP contribution in [0.25, 0.3) is 0 Å². The maximum Gasteiger partial charge on any atom is 0.191 e. The summed E-state index contributed by atoms with van der Waals surface area (Å²) in [6.07, 6.45) is 2.33. The molecule has 0 bridgehead atoms. The van der Waals surface area contributed by atoms with Crippen LogP contribution < -0.4 is 15.4 Å². The van der Waals surface area contributed by atoms with Crippen molar-refractivity contribution in [1.82, 2.24) is 15.5 Å². The monoisotopic (exact) mass is 488 g/mol. The number of rotatable bonds is 6. The van der Waals surface area contributed by atoms with Gasteiger partial charge in [0, 0.05) is 44.2 Å². The molecule has 0 saturated carbocycles. The van der Waals surface area contributed by atoms with E-state index in [0.29, 0.717) is 12.1 Å². The first-order valence-electron chi connectivity index (χ1n) is 9.71. The Kier molecular flexibility index (Phi) is 9.87. The van der Waals surface area contributed by atoms with Gasteiger partial charge in [-0.3, -0.25) is 4.99 Å². The summed E-state index contributed by atoms with van der Waals surface area (Å²) in [5, 5.41) is 7.11. The number of halogens is 1. The molecule has 1 saturated heterocycles. The first kappa shape index (κ1) is 24.0. The molecule has 2 N–H and O–H groups in total. The van der Waals surface area contributed by atoms with E-state index in [1.807, 2.05) is 19.2 Å². The summed E-state index contributed by atoms with van der Waals surface area (Å²) in [5.41, 5.74) is 1.29.